The van der Waals surface area contributed by atoms with E-state index in [1.54, 1.807) is 48.5 Å². The highest BCUT2D eigenvalue weighted by molar-refractivity contribution is 6.30. The summed E-state index contributed by atoms with van der Waals surface area (Å²) in [6.07, 6.45) is 5.37. The first kappa shape index (κ1) is 26.9. The van der Waals surface area contributed by atoms with Crippen LogP contribution in [0.1, 0.15) is 38.5 Å². The van der Waals surface area contributed by atoms with E-state index in [2.05, 4.69) is 21.3 Å². The SMILES string of the molecule is O=C(CNc1ccc(NC(=O)[C@H]2C[C@@H](O)CN2C(=O)Nc2ccc(Cl)cc2)cc1)CNC1CCCCC1. The van der Waals surface area contributed by atoms with Gasteiger partial charge in [0, 0.05) is 41.1 Å². The molecule has 2 aromatic rings. The average Bonchev–Trinajstić information content (AvgIpc) is 3.31. The minimum absolute atomic E-state index is 0.0595. The quantitative estimate of drug-likeness (QED) is 0.337. The third-order valence-corrected chi connectivity index (χ3v) is 7.03. The number of β-amino-alcohol motifs (C(OH)–C–C–N with tert-alkyl or cyclic N) is 1. The van der Waals surface area contributed by atoms with Crippen molar-refractivity contribution in [2.24, 2.45) is 0 Å². The molecule has 5 N–H and O–H groups in total. The van der Waals surface area contributed by atoms with Gasteiger partial charge in [-0.05, 0) is 61.4 Å². The summed E-state index contributed by atoms with van der Waals surface area (Å²) in [6.45, 7) is 0.647. The second-order valence-corrected chi connectivity index (χ2v) is 10.1. The molecule has 198 valence electrons. The van der Waals surface area contributed by atoms with Gasteiger partial charge in [-0.15, -0.1) is 0 Å². The van der Waals surface area contributed by atoms with Crippen LogP contribution in [-0.2, 0) is 9.59 Å². The van der Waals surface area contributed by atoms with E-state index in [9.17, 15) is 19.5 Å². The maximum Gasteiger partial charge on any atom is 0.322 e. The number of anilines is 3. The summed E-state index contributed by atoms with van der Waals surface area (Å²) >= 11 is 5.89. The Kier molecular flexibility index (Phi) is 9.38. The molecule has 1 aliphatic carbocycles. The van der Waals surface area contributed by atoms with Crippen molar-refractivity contribution in [2.75, 3.05) is 35.6 Å². The Balaban J connectivity index is 1.25. The van der Waals surface area contributed by atoms with Crippen molar-refractivity contribution in [1.82, 2.24) is 10.2 Å². The summed E-state index contributed by atoms with van der Waals surface area (Å²) in [5.74, 6) is -0.285. The van der Waals surface area contributed by atoms with Crippen LogP contribution in [0.3, 0.4) is 0 Å². The van der Waals surface area contributed by atoms with Gasteiger partial charge in [-0.25, -0.2) is 4.79 Å². The number of amides is 3. The summed E-state index contributed by atoms with van der Waals surface area (Å²) < 4.78 is 0. The first-order valence-electron chi connectivity index (χ1n) is 12.8. The molecule has 2 aliphatic rings. The van der Waals surface area contributed by atoms with Gasteiger partial charge < -0.3 is 31.3 Å². The minimum atomic E-state index is -0.811. The number of hydrogen-bond acceptors (Lipinski definition) is 6. The largest absolute Gasteiger partial charge is 0.391 e. The lowest BCUT2D eigenvalue weighted by Crippen LogP contribution is -2.45. The van der Waals surface area contributed by atoms with E-state index in [4.69, 9.17) is 11.6 Å². The van der Waals surface area contributed by atoms with Gasteiger partial charge >= 0.3 is 6.03 Å². The summed E-state index contributed by atoms with van der Waals surface area (Å²) in [5, 5.41) is 22.7. The van der Waals surface area contributed by atoms with Crippen molar-refractivity contribution in [3.8, 4) is 0 Å². The Bertz CT molecular complexity index is 1070. The van der Waals surface area contributed by atoms with E-state index in [0.29, 0.717) is 29.0 Å². The molecule has 1 heterocycles. The van der Waals surface area contributed by atoms with Crippen LogP contribution in [0.2, 0.25) is 5.02 Å². The molecule has 0 bridgehead atoms. The Morgan fingerprint density at radius 1 is 0.865 bits per heavy atom. The monoisotopic (exact) mass is 527 g/mol. The third-order valence-electron chi connectivity index (χ3n) is 6.77. The van der Waals surface area contributed by atoms with Crippen molar-refractivity contribution in [1.29, 1.82) is 0 Å². The third kappa shape index (κ3) is 7.92. The lowest BCUT2D eigenvalue weighted by atomic mass is 9.95. The van der Waals surface area contributed by atoms with Gasteiger partial charge in [0.2, 0.25) is 5.91 Å². The summed E-state index contributed by atoms with van der Waals surface area (Å²) in [5.41, 5.74) is 1.87. The Morgan fingerprint density at radius 2 is 1.49 bits per heavy atom. The Hall–Kier alpha value is -3.14. The molecule has 3 amide bonds. The van der Waals surface area contributed by atoms with Crippen molar-refractivity contribution >= 4 is 46.4 Å². The predicted molar refractivity (Wildman–Crippen MR) is 145 cm³/mol. The molecule has 2 fully saturated rings. The summed E-state index contributed by atoms with van der Waals surface area (Å²) in [6, 6.07) is 12.8. The van der Waals surface area contributed by atoms with Gasteiger partial charge in [-0.2, -0.15) is 0 Å². The van der Waals surface area contributed by atoms with E-state index < -0.39 is 18.2 Å². The van der Waals surface area contributed by atoms with Crippen LogP contribution in [0.5, 0.6) is 0 Å². The topological polar surface area (TPSA) is 123 Å². The molecular weight excluding hydrogens is 494 g/mol. The van der Waals surface area contributed by atoms with E-state index in [1.165, 1.54) is 24.2 Å². The predicted octanol–water partition coefficient (Wildman–Crippen LogP) is 3.85. The van der Waals surface area contributed by atoms with Crippen LogP contribution in [0.4, 0.5) is 21.9 Å². The van der Waals surface area contributed by atoms with Crippen molar-refractivity contribution < 1.29 is 19.5 Å². The maximum atomic E-state index is 12.9. The zero-order valence-corrected chi connectivity index (χ0v) is 21.5. The lowest BCUT2D eigenvalue weighted by molar-refractivity contribution is -0.119. The molecular formula is C27H34ClN5O4. The van der Waals surface area contributed by atoms with E-state index in [1.807, 2.05) is 0 Å². The fourth-order valence-corrected chi connectivity index (χ4v) is 4.87. The highest BCUT2D eigenvalue weighted by Crippen LogP contribution is 2.23. The molecule has 0 radical (unpaired) electrons. The van der Waals surface area contributed by atoms with Crippen molar-refractivity contribution in [3.63, 3.8) is 0 Å². The number of urea groups is 1. The Morgan fingerprint density at radius 3 is 2.19 bits per heavy atom. The number of Topliss-reactive ketones (excluding diaryl/α,β-unsaturated/α-hetero) is 1. The molecule has 0 spiro atoms. The highest BCUT2D eigenvalue weighted by Gasteiger charge is 2.39. The molecule has 2 atom stereocenters. The number of aliphatic hydroxyl groups excluding tert-OH is 1. The number of halogens is 1. The van der Waals surface area contributed by atoms with Gasteiger partial charge in [-0.3, -0.25) is 9.59 Å². The first-order valence-corrected chi connectivity index (χ1v) is 13.2. The van der Waals surface area contributed by atoms with E-state index in [-0.39, 0.29) is 31.2 Å². The average molecular weight is 528 g/mol. The minimum Gasteiger partial charge on any atom is -0.391 e. The van der Waals surface area contributed by atoms with Crippen LogP contribution in [0.15, 0.2) is 48.5 Å². The zero-order chi connectivity index (χ0) is 26.2. The Labute approximate surface area is 221 Å². The van der Waals surface area contributed by atoms with Crippen LogP contribution < -0.4 is 21.3 Å². The second-order valence-electron chi connectivity index (χ2n) is 9.67. The second kappa shape index (κ2) is 12.9. The standard InChI is InChI=1S/C27H34ClN5O4/c28-18-6-8-22(9-7-18)32-27(37)33-17-23(34)14-25(33)26(36)31-21-12-10-20(11-13-21)30-16-24(35)15-29-19-4-2-1-3-5-19/h6-13,19,23,25,29-30,34H,1-5,14-17H2,(H,31,36)(H,32,37)/t23-,25-/m1/s1. The van der Waals surface area contributed by atoms with Crippen LogP contribution in [-0.4, -0.2) is 65.5 Å². The zero-order valence-electron chi connectivity index (χ0n) is 20.7. The van der Waals surface area contributed by atoms with Gasteiger partial charge in [0.25, 0.3) is 0 Å². The lowest BCUT2D eigenvalue weighted by Gasteiger charge is -2.24. The first-order chi connectivity index (χ1) is 17.9. The van der Waals surface area contributed by atoms with Crippen molar-refractivity contribution in [3.05, 3.63) is 53.6 Å². The number of hydrogen-bond donors (Lipinski definition) is 5. The number of nitrogens with one attached hydrogen (secondary N) is 4. The van der Waals surface area contributed by atoms with E-state index >= 15 is 0 Å². The number of likely N-dealkylation sites (tertiary alicyclic amines) is 1. The number of rotatable bonds is 9. The molecule has 1 saturated carbocycles. The fraction of sp³-hybridized carbons (Fsp3) is 0.444. The normalized spacial score (nSPS) is 19.9. The number of ketones is 1. The molecule has 0 aromatic heterocycles. The van der Waals surface area contributed by atoms with Gasteiger partial charge in [-0.1, -0.05) is 30.9 Å². The molecule has 4 rings (SSSR count). The number of carbonyl (C=O) groups excluding carboxylic acids is 3. The molecule has 1 saturated heterocycles. The van der Waals surface area contributed by atoms with Crippen LogP contribution >= 0.6 is 11.6 Å². The van der Waals surface area contributed by atoms with Gasteiger partial charge in [0.15, 0.2) is 5.78 Å². The smallest absolute Gasteiger partial charge is 0.322 e. The maximum absolute atomic E-state index is 12.9. The molecule has 2 aromatic carbocycles. The number of carbonyl (C=O) groups is 3. The fourth-order valence-electron chi connectivity index (χ4n) is 4.74. The van der Waals surface area contributed by atoms with Crippen LogP contribution in [0.25, 0.3) is 0 Å². The number of nitrogens with zero attached hydrogens (tertiary/aromatic N) is 1. The number of aliphatic hydroxyl groups is 1. The molecule has 10 heteroatoms. The summed E-state index contributed by atoms with van der Waals surface area (Å²) in [4.78, 5) is 39.3. The van der Waals surface area contributed by atoms with Gasteiger partial charge in [0.1, 0.15) is 6.04 Å². The van der Waals surface area contributed by atoms with Gasteiger partial charge in [0.05, 0.1) is 19.2 Å². The molecule has 1 aliphatic heterocycles. The molecule has 9 nitrogen and oxygen atoms in total. The molecule has 0 unspecified atom stereocenters. The van der Waals surface area contributed by atoms with Crippen molar-refractivity contribution in [2.45, 2.75) is 56.7 Å². The number of benzene rings is 2. The van der Waals surface area contributed by atoms with Crippen LogP contribution in [0, 0.1) is 0 Å². The van der Waals surface area contributed by atoms with E-state index in [0.717, 1.165) is 18.5 Å². The molecule has 37 heavy (non-hydrogen) atoms. The highest BCUT2D eigenvalue weighted by atomic mass is 35.5. The summed E-state index contributed by atoms with van der Waals surface area (Å²) in [7, 11) is 0.